The second-order valence-electron chi connectivity index (χ2n) is 31.6. The van der Waals surface area contributed by atoms with Crippen LogP contribution in [0.4, 0.5) is 17.1 Å². The van der Waals surface area contributed by atoms with Crippen molar-refractivity contribution in [3.63, 3.8) is 0 Å². The van der Waals surface area contributed by atoms with Gasteiger partial charge in [-0.25, -0.2) is 15.0 Å². The SMILES string of the molecule is CC(C)(C)c1cc(Cc2nc3cc(Cl)cc(C#Cc4ccccn4)c3o2)cc(C(C)(C)C)c1O.COc1ccc(C2(C#N)CCC(O)CC2)cc1OC1CCCC1.COc1ccc(Cc2nc3cccc(NC(=O)c4ccccn4)c3o2)cc1OC1CCCC1.COc1ccc(NC(=O)c2ccccc2[N+](=O)[O-])cc1OC1CCCC1. The molecule has 0 spiro atoms. The second kappa shape index (κ2) is 38.0. The zero-order chi connectivity index (χ0) is 82.1. The maximum absolute atomic E-state index is 12.5. The summed E-state index contributed by atoms with van der Waals surface area (Å²) in [5.41, 5.74) is 8.91. The van der Waals surface area contributed by atoms with E-state index in [2.05, 4.69) is 85.0 Å². The maximum atomic E-state index is 12.5. The van der Waals surface area contributed by atoms with E-state index < -0.39 is 16.2 Å². The molecule has 23 heteroatoms. The van der Waals surface area contributed by atoms with E-state index in [-0.39, 0.29) is 52.4 Å². The first-order valence-corrected chi connectivity index (χ1v) is 39.9. The molecule has 4 N–H and O–H groups in total. The topological polar surface area (TPSA) is 299 Å². The fourth-order valence-corrected chi connectivity index (χ4v) is 15.1. The maximum Gasteiger partial charge on any atom is 0.282 e. The van der Waals surface area contributed by atoms with E-state index in [1.807, 2.05) is 78.9 Å². The van der Waals surface area contributed by atoms with Crippen LogP contribution in [0.5, 0.6) is 40.2 Å². The van der Waals surface area contributed by atoms with Gasteiger partial charge in [0.25, 0.3) is 17.5 Å². The Kier molecular flexibility index (Phi) is 27.3. The quantitative estimate of drug-likeness (QED) is 0.0332. The van der Waals surface area contributed by atoms with Crippen molar-refractivity contribution >= 4 is 62.7 Å². The Balaban J connectivity index is 0.000000144. The number of aliphatic hydroxyl groups excluding tert-OH is 1. The first-order valence-electron chi connectivity index (χ1n) is 39.5. The van der Waals surface area contributed by atoms with Gasteiger partial charge in [0.1, 0.15) is 33.7 Å². The number of hydrogen-bond donors (Lipinski definition) is 4. The number of nitro groups is 1. The van der Waals surface area contributed by atoms with Gasteiger partial charge in [-0.3, -0.25) is 24.7 Å². The number of halogens is 1. The Bertz CT molecular complexity index is 5330. The van der Waals surface area contributed by atoms with E-state index >= 15 is 0 Å². The number of methoxy groups -OCH3 is 3. The number of pyridine rings is 2. The number of nitrogens with zero attached hydrogens (tertiary/aromatic N) is 6. The molecule has 4 fully saturated rings. The molecule has 7 aromatic carbocycles. The number of amides is 2. The molecule has 0 radical (unpaired) electrons. The number of aromatic hydroxyl groups is 1. The molecule has 0 atom stereocenters. The van der Waals surface area contributed by atoms with Gasteiger partial charge in [-0.05, 0) is 238 Å². The number of ether oxygens (including phenoxy) is 6. The Morgan fingerprint density at radius 1 is 0.578 bits per heavy atom. The lowest BCUT2D eigenvalue weighted by Crippen LogP contribution is -2.32. The van der Waals surface area contributed by atoms with E-state index in [0.717, 1.165) is 102 Å². The third kappa shape index (κ3) is 21.3. The van der Waals surface area contributed by atoms with Crippen molar-refractivity contribution in [1.82, 2.24) is 19.9 Å². The molecule has 0 saturated heterocycles. The summed E-state index contributed by atoms with van der Waals surface area (Å²) in [7, 11) is 4.86. The molecule has 11 aromatic rings. The van der Waals surface area contributed by atoms with Crippen molar-refractivity contribution < 1.29 is 62.0 Å². The van der Waals surface area contributed by atoms with Crippen LogP contribution in [0.15, 0.2) is 179 Å². The Morgan fingerprint density at radius 2 is 1.12 bits per heavy atom. The smallest absolute Gasteiger partial charge is 0.282 e. The summed E-state index contributed by atoms with van der Waals surface area (Å²) in [6, 6.07) is 49.1. The minimum atomic E-state index is -0.572. The van der Waals surface area contributed by atoms with Gasteiger partial charge in [-0.15, -0.1) is 0 Å². The van der Waals surface area contributed by atoms with Gasteiger partial charge in [0.2, 0.25) is 0 Å². The highest BCUT2D eigenvalue weighted by Gasteiger charge is 2.38. The summed E-state index contributed by atoms with van der Waals surface area (Å²) < 4.78 is 46.8. The molecule has 0 aliphatic heterocycles. The molecule has 4 aliphatic carbocycles. The average Bonchev–Trinajstić information content (AvgIpc) is 1.28. The minimum absolute atomic E-state index is 0.00609. The molecule has 4 aliphatic rings. The number of hydrogen-bond acceptors (Lipinski definition) is 19. The van der Waals surface area contributed by atoms with E-state index in [9.17, 15) is 35.2 Å². The zero-order valence-corrected chi connectivity index (χ0v) is 67.8. The molecule has 0 unspecified atom stereocenters. The lowest BCUT2D eigenvalue weighted by molar-refractivity contribution is -0.385. The predicted octanol–water partition coefficient (Wildman–Crippen LogP) is 20.5. The van der Waals surface area contributed by atoms with Gasteiger partial charge in [-0.1, -0.05) is 114 Å². The van der Waals surface area contributed by atoms with Crippen molar-refractivity contribution in [2.45, 2.75) is 198 Å². The van der Waals surface area contributed by atoms with Gasteiger partial charge in [0.15, 0.2) is 57.4 Å². The van der Waals surface area contributed by atoms with Crippen LogP contribution in [0.1, 0.15) is 216 Å². The lowest BCUT2D eigenvalue weighted by atomic mass is 9.70. The van der Waals surface area contributed by atoms with Crippen LogP contribution in [0.2, 0.25) is 5.02 Å². The summed E-state index contributed by atoms with van der Waals surface area (Å²) in [4.78, 5) is 53.2. The van der Waals surface area contributed by atoms with Crippen LogP contribution < -0.4 is 39.1 Å². The Morgan fingerprint density at radius 3 is 1.69 bits per heavy atom. The van der Waals surface area contributed by atoms with E-state index in [4.69, 9.17) is 53.8 Å². The lowest BCUT2D eigenvalue weighted by Gasteiger charge is -2.34. The van der Waals surface area contributed by atoms with Crippen molar-refractivity contribution in [3.05, 3.63) is 247 Å². The highest BCUT2D eigenvalue weighted by Crippen LogP contribution is 2.45. The summed E-state index contributed by atoms with van der Waals surface area (Å²) in [6.45, 7) is 12.6. The van der Waals surface area contributed by atoms with Crippen LogP contribution in [0.25, 0.3) is 22.2 Å². The molecule has 116 heavy (non-hydrogen) atoms. The van der Waals surface area contributed by atoms with E-state index in [1.165, 1.54) is 43.9 Å². The van der Waals surface area contributed by atoms with Crippen LogP contribution in [0, 0.1) is 33.3 Å². The van der Waals surface area contributed by atoms with Crippen LogP contribution in [0.3, 0.4) is 0 Å². The molecule has 602 valence electrons. The van der Waals surface area contributed by atoms with Crippen molar-refractivity contribution in [1.29, 1.82) is 5.26 Å². The average molecular weight is 1590 g/mol. The van der Waals surface area contributed by atoms with E-state index in [1.54, 1.807) is 94.4 Å². The van der Waals surface area contributed by atoms with Gasteiger partial charge in [-0.2, -0.15) is 5.26 Å². The molecule has 22 nitrogen and oxygen atoms in total. The largest absolute Gasteiger partial charge is 0.507 e. The Hall–Kier alpha value is -12.0. The molecular weight excluding hydrogens is 1490 g/mol. The van der Waals surface area contributed by atoms with Crippen molar-refractivity contribution in [3.8, 4) is 58.2 Å². The number of phenolic OH excluding ortho intramolecular Hbond substituents is 1. The van der Waals surface area contributed by atoms with Gasteiger partial charge in [0.05, 0.1) is 73.4 Å². The number of rotatable bonds is 19. The molecular formula is C93H99ClN8O14. The van der Waals surface area contributed by atoms with Crippen LogP contribution in [-0.2, 0) is 29.1 Å². The molecule has 4 saturated carbocycles. The number of carbonyl (C=O) groups excluding carboxylic acids is 2. The zero-order valence-electron chi connectivity index (χ0n) is 67.1. The third-order valence-electron chi connectivity index (χ3n) is 21.1. The molecule has 15 rings (SSSR count). The number of aliphatic hydroxyl groups is 1. The van der Waals surface area contributed by atoms with E-state index in [0.29, 0.717) is 123 Å². The second-order valence-corrected chi connectivity index (χ2v) is 32.1. The highest BCUT2D eigenvalue weighted by atomic mass is 35.5. The van der Waals surface area contributed by atoms with Gasteiger partial charge < -0.3 is 58.1 Å². The van der Waals surface area contributed by atoms with Crippen molar-refractivity contribution in [2.75, 3.05) is 32.0 Å². The van der Waals surface area contributed by atoms with Crippen LogP contribution in [-0.4, -0.2) is 92.6 Å². The fourth-order valence-electron chi connectivity index (χ4n) is 14.9. The first-order chi connectivity index (χ1) is 55.8. The van der Waals surface area contributed by atoms with Crippen LogP contribution >= 0.6 is 11.6 Å². The molecule has 2 amide bonds. The number of aromatic nitrogens is 4. The predicted molar refractivity (Wildman–Crippen MR) is 447 cm³/mol. The number of nitriles is 1. The summed E-state index contributed by atoms with van der Waals surface area (Å²) in [5, 5.41) is 47.8. The van der Waals surface area contributed by atoms with Gasteiger partial charge in [0, 0.05) is 48.1 Å². The summed E-state index contributed by atoms with van der Waals surface area (Å²) >= 11 is 6.34. The number of nitro benzene ring substituents is 1. The normalized spacial score (nSPS) is 16.2. The molecule has 4 heterocycles. The van der Waals surface area contributed by atoms with Gasteiger partial charge >= 0.3 is 0 Å². The third-order valence-corrected chi connectivity index (χ3v) is 21.3. The standard InChI is InChI=1S/C29H29ClN2O2.C26H25N3O4.C19H20N2O5.C19H25NO3/c1-28(2,3)22-13-18(14-23(26(22)33)29(4,5)6)15-25-32-24-17-20(30)16-19(27(24)34-25)10-11-21-9-7-8-12-31-21;1-31-22-13-12-17(15-23(22)32-18-7-2-3-8-18)16-24-28-19-10-6-11-20(25(19)33-24)29-26(30)21-9-4-5-14-27-21;1-25-17-11-10-13(12-18(17)26-14-6-2-3-7-14)20-19(22)15-8-4-5-9-16(15)21(23)24;1-22-17-7-6-14(12-18(17)23-16-4-2-3-5-16)19(13-20)10-8-15(21)9-11-19/h7-9,12-14,16-17,33H,15H2,1-6H3;4-6,9-15,18H,2-3,7-8,16H2,1H3,(H,29,30);4-5,8-12,14H,2-3,6-7H2,1H3,(H,20,22);6-7,12,15-16,21H,2-5,8-11H2,1H3. The Labute approximate surface area is 681 Å². The number of fused-ring (bicyclic) bond motifs is 2. The van der Waals surface area contributed by atoms with Crippen molar-refractivity contribution in [2.24, 2.45) is 0 Å². The first kappa shape index (κ1) is 83.4. The number of anilines is 2. The number of oxazole rings is 2. The minimum Gasteiger partial charge on any atom is -0.507 e. The number of para-hydroxylation sites is 2. The number of phenols is 1. The number of carbonyl (C=O) groups is 2. The monoisotopic (exact) mass is 1590 g/mol. The molecule has 0 bridgehead atoms. The molecule has 4 aromatic heterocycles. The highest BCUT2D eigenvalue weighted by molar-refractivity contribution is 6.31. The number of nitrogens with one attached hydrogen (secondary N) is 2. The summed E-state index contributed by atoms with van der Waals surface area (Å²) in [5.74, 6) is 10.9. The summed E-state index contributed by atoms with van der Waals surface area (Å²) in [6.07, 6.45) is 20.8. The fraction of sp³-hybridized carbons (Fsp3) is 0.366. The number of benzene rings is 7.